The lowest BCUT2D eigenvalue weighted by molar-refractivity contribution is -0.139. The molecule has 3 amide bonds. The summed E-state index contributed by atoms with van der Waals surface area (Å²) in [5, 5.41) is 24.2. The largest absolute Gasteiger partial charge is 0.480 e. The summed E-state index contributed by atoms with van der Waals surface area (Å²) in [6.45, 7) is 2.49. The summed E-state index contributed by atoms with van der Waals surface area (Å²) in [4.78, 5) is 89.0. The second-order valence-electron chi connectivity index (χ2n) is 8.66. The molecule has 0 radical (unpaired) electrons. The molecule has 0 fully saturated rings. The molecule has 0 aromatic rings. The Bertz CT molecular complexity index is 847. The number of thiol groups is 2. The van der Waals surface area contributed by atoms with Crippen LogP contribution < -0.4 is 27.4 Å². The Labute approximate surface area is 250 Å². The number of Topliss-reactive ketones (excluding diaryl/α,β-unsaturated/α-hetero) is 4. The molecule has 0 aliphatic heterocycles. The third-order valence-electron chi connectivity index (χ3n) is 5.03. The Morgan fingerprint density at radius 1 is 0.683 bits per heavy atom. The number of carbonyl (C=O) groups excluding carboxylic acids is 6. The fourth-order valence-electron chi connectivity index (χ4n) is 2.58. The average Bonchev–Trinajstić information content (AvgIpc) is 2.89. The van der Waals surface area contributed by atoms with Gasteiger partial charge in [-0.05, 0) is 20.3 Å². The zero-order valence-corrected chi connectivity index (χ0v) is 24.2. The van der Waals surface area contributed by atoms with Crippen LogP contribution in [0.2, 0.25) is 0 Å². The van der Waals surface area contributed by atoms with Crippen molar-refractivity contribution < 1.29 is 48.6 Å². The second kappa shape index (κ2) is 23.7. The minimum Gasteiger partial charge on any atom is -0.480 e. The molecule has 0 saturated carbocycles. The standard InChI is InChI=1S/C12H20N2O5S.C11H19N3O5S.CH4/c1-7(15)2-4-10(16)9(6-20)14-11(17)5-3-8(13)12(18)19;1-6(15)2-3-9(16)8(5-20)14-11(19)13-4-7(12)10(17)18;/h8-9,20H,2-6,13H2,1H3,(H,14,17)(H,18,19);7-8,20H,2-5,12H2,1H3,(H,17,18)(H2,13,14,19);1H4/t8-,9-;7-,8-;/m00./s1. The summed E-state index contributed by atoms with van der Waals surface area (Å²) < 4.78 is 0. The molecular formula is C24H43N5O10S2. The first kappa shape index (κ1) is 42.4. The Morgan fingerprint density at radius 2 is 1.10 bits per heavy atom. The number of nitrogens with two attached hydrogens (primary N) is 2. The normalized spacial score (nSPS) is 12.9. The van der Waals surface area contributed by atoms with Crippen LogP contribution in [0.5, 0.6) is 0 Å². The van der Waals surface area contributed by atoms with Crippen LogP contribution >= 0.6 is 25.3 Å². The summed E-state index contributed by atoms with van der Waals surface area (Å²) in [6.07, 6.45) is 0.212. The number of urea groups is 1. The van der Waals surface area contributed by atoms with Crippen LogP contribution in [0.15, 0.2) is 0 Å². The minimum atomic E-state index is -1.24. The van der Waals surface area contributed by atoms with E-state index in [-0.39, 0.29) is 87.1 Å². The van der Waals surface area contributed by atoms with Crippen LogP contribution in [0.4, 0.5) is 4.79 Å². The highest BCUT2D eigenvalue weighted by Gasteiger charge is 2.21. The van der Waals surface area contributed by atoms with Crippen molar-refractivity contribution in [1.29, 1.82) is 0 Å². The van der Waals surface area contributed by atoms with Gasteiger partial charge in [-0.2, -0.15) is 25.3 Å². The van der Waals surface area contributed by atoms with Gasteiger partial charge in [0, 0.05) is 50.2 Å². The SMILES string of the molecule is C.CC(=O)CCC(=O)[C@H](CS)NC(=O)CC[C@H](N)C(=O)O.CC(=O)CCC(=O)[C@H](CS)NC(=O)NC[C@H](N)C(=O)O. The zero-order valence-electron chi connectivity index (χ0n) is 22.4. The van der Waals surface area contributed by atoms with E-state index in [0.717, 1.165) is 0 Å². The highest BCUT2D eigenvalue weighted by molar-refractivity contribution is 7.80. The van der Waals surface area contributed by atoms with Gasteiger partial charge >= 0.3 is 18.0 Å². The first-order valence-corrected chi connectivity index (χ1v) is 13.4. The van der Waals surface area contributed by atoms with Gasteiger partial charge in [0.05, 0.1) is 12.1 Å². The molecule has 9 N–H and O–H groups in total. The van der Waals surface area contributed by atoms with Crippen molar-refractivity contribution >= 4 is 72.3 Å². The van der Waals surface area contributed by atoms with Gasteiger partial charge in [-0.1, -0.05) is 7.43 Å². The number of ketones is 4. The van der Waals surface area contributed by atoms with Gasteiger partial charge in [-0.25, -0.2) is 4.79 Å². The molecule has 236 valence electrons. The third-order valence-corrected chi connectivity index (χ3v) is 5.76. The molecule has 4 atom stereocenters. The van der Waals surface area contributed by atoms with Gasteiger partial charge in [0.15, 0.2) is 11.6 Å². The predicted octanol–water partition coefficient (Wildman–Crippen LogP) is -0.898. The predicted molar refractivity (Wildman–Crippen MR) is 157 cm³/mol. The summed E-state index contributed by atoms with van der Waals surface area (Å²) in [5.74, 6) is -3.49. The third kappa shape index (κ3) is 22.4. The van der Waals surface area contributed by atoms with Crippen molar-refractivity contribution in [2.45, 2.75) is 84.0 Å². The van der Waals surface area contributed by atoms with Gasteiger partial charge in [-0.15, -0.1) is 0 Å². The maximum atomic E-state index is 11.7. The number of carboxylic acids is 2. The molecular weight excluding hydrogens is 582 g/mol. The molecule has 0 heterocycles. The molecule has 0 aromatic carbocycles. The molecule has 0 aromatic heterocycles. The molecule has 0 saturated heterocycles. The first-order valence-electron chi connectivity index (χ1n) is 12.1. The van der Waals surface area contributed by atoms with Crippen molar-refractivity contribution in [3.8, 4) is 0 Å². The lowest BCUT2D eigenvalue weighted by Crippen LogP contribution is -2.50. The van der Waals surface area contributed by atoms with E-state index in [1.165, 1.54) is 13.8 Å². The van der Waals surface area contributed by atoms with Crippen molar-refractivity contribution in [3.63, 3.8) is 0 Å². The van der Waals surface area contributed by atoms with E-state index in [9.17, 15) is 38.4 Å². The Morgan fingerprint density at radius 3 is 1.46 bits per heavy atom. The molecule has 0 rings (SSSR count). The number of rotatable bonds is 19. The van der Waals surface area contributed by atoms with E-state index in [4.69, 9.17) is 21.7 Å². The number of amides is 3. The van der Waals surface area contributed by atoms with Crippen LogP contribution in [0.25, 0.3) is 0 Å². The van der Waals surface area contributed by atoms with Gasteiger partial charge in [0.2, 0.25) is 5.91 Å². The summed E-state index contributed by atoms with van der Waals surface area (Å²) >= 11 is 7.92. The number of nitrogens with one attached hydrogen (secondary N) is 3. The monoisotopic (exact) mass is 625 g/mol. The van der Waals surface area contributed by atoms with Crippen molar-refractivity contribution in [2.75, 3.05) is 18.1 Å². The van der Waals surface area contributed by atoms with Crippen LogP contribution in [0, 0.1) is 0 Å². The summed E-state index contributed by atoms with van der Waals surface area (Å²) in [7, 11) is 0. The number of carboxylic acid groups (broad SMARTS) is 2. The zero-order chi connectivity index (χ0) is 31.4. The van der Waals surface area contributed by atoms with E-state index in [2.05, 4.69) is 41.2 Å². The number of hydrogen-bond donors (Lipinski definition) is 9. The summed E-state index contributed by atoms with van der Waals surface area (Å²) in [5.41, 5.74) is 10.5. The maximum Gasteiger partial charge on any atom is 0.322 e. The smallest absolute Gasteiger partial charge is 0.322 e. The van der Waals surface area contributed by atoms with E-state index in [1.54, 1.807) is 0 Å². The van der Waals surface area contributed by atoms with Gasteiger partial charge < -0.3 is 47.2 Å². The van der Waals surface area contributed by atoms with E-state index < -0.39 is 48.0 Å². The minimum absolute atomic E-state index is 0. The lowest BCUT2D eigenvalue weighted by Gasteiger charge is -2.16. The van der Waals surface area contributed by atoms with Crippen LogP contribution in [-0.2, 0) is 33.6 Å². The first-order chi connectivity index (χ1) is 18.5. The molecule has 0 unspecified atom stereocenters. The molecule has 0 aliphatic rings. The number of carbonyl (C=O) groups is 8. The Hall–Kier alpha value is -3.02. The topological polar surface area (TPSA) is 265 Å². The molecule has 41 heavy (non-hydrogen) atoms. The van der Waals surface area contributed by atoms with Crippen molar-refractivity contribution in [3.05, 3.63) is 0 Å². The van der Waals surface area contributed by atoms with Crippen LogP contribution in [-0.4, -0.2) is 99.4 Å². The molecule has 0 aliphatic carbocycles. The van der Waals surface area contributed by atoms with Crippen molar-refractivity contribution in [2.24, 2.45) is 11.5 Å². The van der Waals surface area contributed by atoms with E-state index >= 15 is 0 Å². The number of aliphatic carboxylic acids is 2. The highest BCUT2D eigenvalue weighted by Crippen LogP contribution is 2.02. The molecule has 17 heteroatoms. The summed E-state index contributed by atoms with van der Waals surface area (Å²) in [6, 6.07) is -4.64. The Kier molecular flexibility index (Phi) is 24.5. The lowest BCUT2D eigenvalue weighted by atomic mass is 10.1. The molecule has 0 spiro atoms. The van der Waals surface area contributed by atoms with Gasteiger partial charge in [-0.3, -0.25) is 24.0 Å². The quantitative estimate of drug-likeness (QED) is 0.0791. The molecule has 0 bridgehead atoms. The van der Waals surface area contributed by atoms with Crippen molar-refractivity contribution in [1.82, 2.24) is 16.0 Å². The van der Waals surface area contributed by atoms with E-state index in [1.807, 2.05) is 0 Å². The van der Waals surface area contributed by atoms with E-state index in [0.29, 0.717) is 0 Å². The van der Waals surface area contributed by atoms with Crippen LogP contribution in [0.1, 0.15) is 59.8 Å². The second-order valence-corrected chi connectivity index (χ2v) is 9.39. The van der Waals surface area contributed by atoms with Gasteiger partial charge in [0.25, 0.3) is 0 Å². The Balaban J connectivity index is -0.000000688. The number of hydrogen-bond acceptors (Lipinski definition) is 12. The maximum absolute atomic E-state index is 11.7. The van der Waals surface area contributed by atoms with Gasteiger partial charge in [0.1, 0.15) is 23.7 Å². The van der Waals surface area contributed by atoms with Crippen LogP contribution in [0.3, 0.4) is 0 Å². The average molecular weight is 626 g/mol. The fourth-order valence-corrected chi connectivity index (χ4v) is 3.17. The molecule has 15 nitrogen and oxygen atoms in total. The highest BCUT2D eigenvalue weighted by atomic mass is 32.1. The fraction of sp³-hybridized carbons (Fsp3) is 0.667.